The minimum atomic E-state index is -4.75. The van der Waals surface area contributed by atoms with Crippen LogP contribution in [0.25, 0.3) is 0 Å². The van der Waals surface area contributed by atoms with Crippen LogP contribution < -0.4 is 16.0 Å². The summed E-state index contributed by atoms with van der Waals surface area (Å²) in [7, 11) is 0. The SMILES string of the molecule is CC(=O)[C@@H](CCC(F)(F)F)[C@@H](CCC(F)(F)F)C(=O)N[C@H]1N=C(c2ccccc2)c2cccc(NCCCO)c2NC1=O. The number of anilines is 2. The summed E-state index contributed by atoms with van der Waals surface area (Å²) >= 11 is 0. The quantitative estimate of drug-likeness (QED) is 0.182. The van der Waals surface area contributed by atoms with E-state index in [0.29, 0.717) is 35.5 Å². The Bertz CT molecular complexity index is 1310. The van der Waals surface area contributed by atoms with Crippen LogP contribution >= 0.6 is 0 Å². The Kier molecular flexibility index (Phi) is 11.3. The van der Waals surface area contributed by atoms with Crippen molar-refractivity contribution in [2.45, 2.75) is 57.5 Å². The summed E-state index contributed by atoms with van der Waals surface area (Å²) in [5, 5.41) is 17.2. The largest absolute Gasteiger partial charge is 0.396 e. The van der Waals surface area contributed by atoms with E-state index in [1.807, 2.05) is 0 Å². The fourth-order valence-corrected chi connectivity index (χ4v) is 4.79. The van der Waals surface area contributed by atoms with E-state index in [1.54, 1.807) is 48.5 Å². The lowest BCUT2D eigenvalue weighted by atomic mass is 9.81. The van der Waals surface area contributed by atoms with Crippen molar-refractivity contribution in [2.75, 3.05) is 23.8 Å². The number of nitrogens with zero attached hydrogens (tertiary/aromatic N) is 1. The number of Topliss-reactive ketones (excluding diaryl/α,β-unsaturated/α-hetero) is 1. The minimum Gasteiger partial charge on any atom is -0.396 e. The fourth-order valence-electron chi connectivity index (χ4n) is 4.79. The van der Waals surface area contributed by atoms with Gasteiger partial charge in [0.25, 0.3) is 5.91 Å². The first kappa shape index (κ1) is 33.6. The van der Waals surface area contributed by atoms with Gasteiger partial charge in [-0.3, -0.25) is 14.4 Å². The van der Waals surface area contributed by atoms with Crippen LogP contribution in [0.2, 0.25) is 0 Å². The summed E-state index contributed by atoms with van der Waals surface area (Å²) in [6.45, 7) is 1.19. The monoisotopic (exact) mass is 614 g/mol. The molecule has 3 rings (SSSR count). The Morgan fingerprint density at radius 1 is 0.953 bits per heavy atom. The number of aliphatic imine (C=N–C) groups is 1. The molecule has 0 bridgehead atoms. The molecule has 2 amide bonds. The Balaban J connectivity index is 2.01. The molecule has 4 N–H and O–H groups in total. The van der Waals surface area contributed by atoms with E-state index < -0.39 is 73.6 Å². The van der Waals surface area contributed by atoms with E-state index in [9.17, 15) is 40.7 Å². The molecule has 43 heavy (non-hydrogen) atoms. The van der Waals surface area contributed by atoms with Crippen LogP contribution in [0.5, 0.6) is 0 Å². The van der Waals surface area contributed by atoms with Crippen LogP contribution in [0.4, 0.5) is 37.7 Å². The first-order valence-electron chi connectivity index (χ1n) is 13.6. The number of rotatable bonds is 13. The molecule has 234 valence electrons. The van der Waals surface area contributed by atoms with Crippen molar-refractivity contribution in [2.24, 2.45) is 16.8 Å². The number of carbonyl (C=O) groups excluding carboxylic acids is 3. The van der Waals surface area contributed by atoms with Gasteiger partial charge >= 0.3 is 12.4 Å². The van der Waals surface area contributed by atoms with Crippen molar-refractivity contribution in [3.63, 3.8) is 0 Å². The van der Waals surface area contributed by atoms with Crippen LogP contribution in [0.15, 0.2) is 53.5 Å². The van der Waals surface area contributed by atoms with Crippen molar-refractivity contribution in [3.8, 4) is 0 Å². The maximum Gasteiger partial charge on any atom is 0.389 e. The van der Waals surface area contributed by atoms with Crippen LogP contribution in [-0.4, -0.2) is 60.1 Å². The summed E-state index contributed by atoms with van der Waals surface area (Å²) in [5.41, 5.74) is 2.00. The molecular weight excluding hydrogens is 582 g/mol. The number of hydrogen-bond acceptors (Lipinski definition) is 6. The van der Waals surface area contributed by atoms with Gasteiger partial charge in [0.2, 0.25) is 12.1 Å². The third-order valence-corrected chi connectivity index (χ3v) is 6.87. The standard InChI is InChI=1S/C29H32F6N4O4/c1-17(41)19(11-13-28(30,31)32)20(12-14-29(33,34)35)26(42)39-25-27(43)38-24-21(9-5-10-22(24)36-15-6-16-40)23(37-25)18-7-3-2-4-8-18/h2-5,7-10,19-20,25,36,40H,6,11-16H2,1H3,(H,38,43)(H,39,42)/t19-,20-,25-/m1/s1. The average Bonchev–Trinajstić information content (AvgIpc) is 3.06. The third kappa shape index (κ3) is 9.80. The number of aliphatic hydroxyl groups is 1. The number of ketones is 1. The van der Waals surface area contributed by atoms with E-state index >= 15 is 0 Å². The van der Waals surface area contributed by atoms with Gasteiger partial charge in [0.15, 0.2) is 0 Å². The van der Waals surface area contributed by atoms with Gasteiger partial charge in [-0.25, -0.2) is 4.99 Å². The number of carbonyl (C=O) groups is 3. The maximum atomic E-state index is 13.4. The molecule has 0 saturated carbocycles. The van der Waals surface area contributed by atoms with Crippen molar-refractivity contribution in [1.82, 2.24) is 5.32 Å². The average molecular weight is 615 g/mol. The first-order valence-corrected chi connectivity index (χ1v) is 13.6. The van der Waals surface area contributed by atoms with Crippen LogP contribution in [-0.2, 0) is 14.4 Å². The number of fused-ring (bicyclic) bond motifs is 1. The van der Waals surface area contributed by atoms with Gasteiger partial charge in [0.05, 0.1) is 17.1 Å². The van der Waals surface area contributed by atoms with Crippen molar-refractivity contribution < 1.29 is 45.8 Å². The van der Waals surface area contributed by atoms with Crippen molar-refractivity contribution in [1.29, 1.82) is 0 Å². The molecule has 8 nitrogen and oxygen atoms in total. The lowest BCUT2D eigenvalue weighted by Gasteiger charge is -2.26. The molecule has 1 heterocycles. The number of halogens is 6. The highest BCUT2D eigenvalue weighted by atomic mass is 19.4. The molecule has 0 unspecified atom stereocenters. The molecule has 14 heteroatoms. The first-order chi connectivity index (χ1) is 20.2. The zero-order valence-electron chi connectivity index (χ0n) is 23.2. The second-order valence-corrected chi connectivity index (χ2v) is 10.1. The zero-order chi connectivity index (χ0) is 31.8. The highest BCUT2D eigenvalue weighted by Gasteiger charge is 2.40. The molecular formula is C29H32F6N4O4. The van der Waals surface area contributed by atoms with Gasteiger partial charge in [-0.2, -0.15) is 26.3 Å². The summed E-state index contributed by atoms with van der Waals surface area (Å²) in [6.07, 6.45) is -15.6. The van der Waals surface area contributed by atoms with E-state index in [-0.39, 0.29) is 12.3 Å². The number of amides is 2. The molecule has 0 aromatic heterocycles. The smallest absolute Gasteiger partial charge is 0.389 e. The summed E-state index contributed by atoms with van der Waals surface area (Å²) in [5.74, 6) is -6.41. The highest BCUT2D eigenvalue weighted by Crippen LogP contribution is 2.34. The zero-order valence-corrected chi connectivity index (χ0v) is 23.2. The minimum absolute atomic E-state index is 0.0844. The van der Waals surface area contributed by atoms with Gasteiger partial charge in [-0.15, -0.1) is 0 Å². The number of hydrogen-bond donors (Lipinski definition) is 4. The number of para-hydroxylation sites is 1. The predicted molar refractivity (Wildman–Crippen MR) is 148 cm³/mol. The van der Waals surface area contributed by atoms with Gasteiger partial charge in [0.1, 0.15) is 5.78 Å². The molecule has 1 aliphatic heterocycles. The van der Waals surface area contributed by atoms with Crippen LogP contribution in [0, 0.1) is 11.8 Å². The molecule has 1 aliphatic rings. The third-order valence-electron chi connectivity index (χ3n) is 6.87. The van der Waals surface area contributed by atoms with E-state index in [2.05, 4.69) is 20.9 Å². The Labute approximate surface area is 244 Å². The summed E-state index contributed by atoms with van der Waals surface area (Å²) in [6, 6.07) is 13.6. The number of benzodiazepines with no additional fused rings is 1. The number of alkyl halides is 6. The maximum absolute atomic E-state index is 13.4. The molecule has 0 aliphatic carbocycles. The van der Waals surface area contributed by atoms with Gasteiger partial charge < -0.3 is 21.1 Å². The molecule has 3 atom stereocenters. The molecule has 0 fully saturated rings. The summed E-state index contributed by atoms with van der Waals surface area (Å²) in [4.78, 5) is 43.6. The number of nitrogens with one attached hydrogen (secondary N) is 3. The number of aliphatic hydroxyl groups excluding tert-OH is 1. The molecule has 2 aromatic carbocycles. The van der Waals surface area contributed by atoms with Crippen LogP contribution in [0.1, 0.15) is 50.2 Å². The van der Waals surface area contributed by atoms with Gasteiger partial charge in [-0.05, 0) is 32.3 Å². The molecule has 0 spiro atoms. The predicted octanol–water partition coefficient (Wildman–Crippen LogP) is 5.22. The van der Waals surface area contributed by atoms with E-state index in [4.69, 9.17) is 5.11 Å². The lowest BCUT2D eigenvalue weighted by molar-refractivity contribution is -0.152. The molecule has 2 aromatic rings. The van der Waals surface area contributed by atoms with E-state index in [0.717, 1.165) is 6.92 Å². The van der Waals surface area contributed by atoms with Crippen LogP contribution in [0.3, 0.4) is 0 Å². The topological polar surface area (TPSA) is 120 Å². The van der Waals surface area contributed by atoms with Crippen molar-refractivity contribution in [3.05, 3.63) is 59.7 Å². The van der Waals surface area contributed by atoms with Gasteiger partial charge in [-0.1, -0.05) is 42.5 Å². The highest BCUT2D eigenvalue weighted by molar-refractivity contribution is 6.21. The van der Waals surface area contributed by atoms with E-state index in [1.165, 1.54) is 0 Å². The Hall–Kier alpha value is -3.94. The van der Waals surface area contributed by atoms with Gasteiger partial charge in [0, 0.05) is 49.0 Å². The second kappa shape index (κ2) is 14.5. The Morgan fingerprint density at radius 2 is 1.58 bits per heavy atom. The summed E-state index contributed by atoms with van der Waals surface area (Å²) < 4.78 is 78.3. The second-order valence-electron chi connectivity index (χ2n) is 10.1. The lowest BCUT2D eigenvalue weighted by Crippen LogP contribution is -2.47. The Morgan fingerprint density at radius 3 is 2.16 bits per heavy atom. The molecule has 0 saturated heterocycles. The molecule has 0 radical (unpaired) electrons. The number of benzene rings is 2. The fraction of sp³-hybridized carbons (Fsp3) is 0.448. The normalized spacial score (nSPS) is 16.7. The van der Waals surface area contributed by atoms with Crippen molar-refractivity contribution >= 4 is 34.7 Å².